The number of ether oxygens (including phenoxy) is 1. The van der Waals surface area contributed by atoms with Crippen LogP contribution in [0.1, 0.15) is 18.4 Å². The monoisotopic (exact) mass is 406 g/mol. The maximum atomic E-state index is 12.8. The molecule has 3 aromatic rings. The molecule has 0 bridgehead atoms. The van der Waals surface area contributed by atoms with Crippen molar-refractivity contribution in [2.24, 2.45) is 0 Å². The van der Waals surface area contributed by atoms with Crippen LogP contribution in [0.2, 0.25) is 0 Å². The van der Waals surface area contributed by atoms with Gasteiger partial charge in [0.05, 0.1) is 5.52 Å². The van der Waals surface area contributed by atoms with Crippen molar-refractivity contribution < 1.29 is 14.3 Å². The summed E-state index contributed by atoms with van der Waals surface area (Å²) >= 11 is 0. The van der Waals surface area contributed by atoms with Crippen molar-refractivity contribution in [3.05, 3.63) is 54.1 Å². The minimum absolute atomic E-state index is 0.0902. The number of benzene rings is 2. The number of nitrogens with one attached hydrogen (secondary N) is 1. The zero-order valence-corrected chi connectivity index (χ0v) is 16.2. The molecule has 0 spiro atoms. The van der Waals surface area contributed by atoms with Crippen LogP contribution in [0.15, 0.2) is 48.5 Å². The van der Waals surface area contributed by atoms with Crippen LogP contribution in [0.5, 0.6) is 0 Å². The maximum Gasteiger partial charge on any atom is 0.410 e. The van der Waals surface area contributed by atoms with Crippen molar-refractivity contribution in [3.8, 4) is 0 Å². The van der Waals surface area contributed by atoms with Gasteiger partial charge < -0.3 is 21.5 Å². The standard InChI is InChI=1S/C21H22N6O3/c22-18-15-11-14(8-9-16(15)25-20(23)26-18)24-19(28)17-7-4-10-27(17)21(29)30-12-13-5-2-1-3-6-13/h1-3,5-6,8-9,11,17H,4,7,10,12H2,(H,24,28)(H4,22,23,25,26). The normalized spacial score (nSPS) is 15.9. The van der Waals surface area contributed by atoms with Crippen molar-refractivity contribution in [1.82, 2.24) is 14.9 Å². The zero-order chi connectivity index (χ0) is 21.1. The largest absolute Gasteiger partial charge is 0.445 e. The van der Waals surface area contributed by atoms with Gasteiger partial charge in [-0.25, -0.2) is 9.78 Å². The van der Waals surface area contributed by atoms with E-state index in [4.69, 9.17) is 16.2 Å². The van der Waals surface area contributed by atoms with Gasteiger partial charge in [-0.05, 0) is 36.6 Å². The lowest BCUT2D eigenvalue weighted by atomic mass is 10.1. The molecular formula is C21H22N6O3. The predicted octanol–water partition coefficient (Wildman–Crippen LogP) is 2.53. The second-order valence-corrected chi connectivity index (χ2v) is 7.08. The fourth-order valence-corrected chi connectivity index (χ4v) is 3.53. The van der Waals surface area contributed by atoms with Gasteiger partial charge in [-0.3, -0.25) is 9.69 Å². The van der Waals surface area contributed by atoms with Crippen molar-refractivity contribution in [2.45, 2.75) is 25.5 Å². The molecule has 5 N–H and O–H groups in total. The molecule has 1 fully saturated rings. The lowest BCUT2D eigenvalue weighted by Crippen LogP contribution is -2.43. The summed E-state index contributed by atoms with van der Waals surface area (Å²) in [5.74, 6) is 0.0476. The minimum atomic E-state index is -0.594. The van der Waals surface area contributed by atoms with E-state index in [0.29, 0.717) is 29.6 Å². The van der Waals surface area contributed by atoms with E-state index in [1.165, 1.54) is 4.90 Å². The van der Waals surface area contributed by atoms with Gasteiger partial charge in [0.2, 0.25) is 11.9 Å². The Morgan fingerprint density at radius 1 is 1.13 bits per heavy atom. The van der Waals surface area contributed by atoms with E-state index in [9.17, 15) is 9.59 Å². The van der Waals surface area contributed by atoms with Gasteiger partial charge in [0.15, 0.2) is 0 Å². The summed E-state index contributed by atoms with van der Waals surface area (Å²) in [6.07, 6.45) is 0.806. The number of hydrogen-bond donors (Lipinski definition) is 3. The fourth-order valence-electron chi connectivity index (χ4n) is 3.53. The van der Waals surface area contributed by atoms with E-state index in [2.05, 4.69) is 15.3 Å². The van der Waals surface area contributed by atoms with E-state index in [0.717, 1.165) is 12.0 Å². The number of likely N-dealkylation sites (tertiary alicyclic amines) is 1. The first-order valence-electron chi connectivity index (χ1n) is 9.62. The highest BCUT2D eigenvalue weighted by Crippen LogP contribution is 2.25. The molecule has 9 nitrogen and oxygen atoms in total. The molecule has 4 rings (SSSR count). The molecule has 2 aromatic carbocycles. The molecule has 1 aliphatic rings. The summed E-state index contributed by atoms with van der Waals surface area (Å²) in [5.41, 5.74) is 13.5. The molecule has 30 heavy (non-hydrogen) atoms. The smallest absolute Gasteiger partial charge is 0.410 e. The Morgan fingerprint density at radius 2 is 1.93 bits per heavy atom. The van der Waals surface area contributed by atoms with E-state index >= 15 is 0 Å². The average molecular weight is 406 g/mol. The van der Waals surface area contributed by atoms with Crippen molar-refractivity contribution >= 4 is 40.4 Å². The molecule has 1 saturated heterocycles. The van der Waals surface area contributed by atoms with Gasteiger partial charge >= 0.3 is 6.09 Å². The van der Waals surface area contributed by atoms with Crippen molar-refractivity contribution in [2.75, 3.05) is 23.3 Å². The Hall–Kier alpha value is -3.88. The Bertz CT molecular complexity index is 1090. The highest BCUT2D eigenvalue weighted by atomic mass is 16.6. The van der Waals surface area contributed by atoms with E-state index in [1.807, 2.05) is 30.3 Å². The van der Waals surface area contributed by atoms with Crippen molar-refractivity contribution in [3.63, 3.8) is 0 Å². The second-order valence-electron chi connectivity index (χ2n) is 7.08. The summed E-state index contributed by atoms with van der Waals surface area (Å²) in [4.78, 5) is 34.9. The van der Waals surface area contributed by atoms with E-state index in [1.54, 1.807) is 18.2 Å². The Labute approximate surface area is 173 Å². The van der Waals surface area contributed by atoms with E-state index in [-0.39, 0.29) is 24.3 Å². The maximum absolute atomic E-state index is 12.8. The average Bonchev–Trinajstić information content (AvgIpc) is 3.23. The van der Waals surface area contributed by atoms with Crippen LogP contribution in [0.4, 0.5) is 22.2 Å². The van der Waals surface area contributed by atoms with Crippen LogP contribution in [-0.2, 0) is 16.1 Å². The van der Waals surface area contributed by atoms with Crippen LogP contribution in [0, 0.1) is 0 Å². The molecule has 0 aliphatic carbocycles. The van der Waals surface area contributed by atoms with Gasteiger partial charge in [0, 0.05) is 17.6 Å². The molecule has 1 unspecified atom stereocenters. The summed E-state index contributed by atoms with van der Waals surface area (Å²) < 4.78 is 5.39. The number of hydrogen-bond acceptors (Lipinski definition) is 7. The van der Waals surface area contributed by atoms with Crippen LogP contribution >= 0.6 is 0 Å². The third-order valence-electron chi connectivity index (χ3n) is 5.01. The molecule has 0 saturated carbocycles. The highest BCUT2D eigenvalue weighted by molar-refractivity contribution is 5.99. The van der Waals surface area contributed by atoms with Crippen LogP contribution in [0.25, 0.3) is 10.9 Å². The third kappa shape index (κ3) is 4.09. The number of aromatic nitrogens is 2. The fraction of sp³-hybridized carbons (Fsp3) is 0.238. The topological polar surface area (TPSA) is 136 Å². The first-order valence-corrected chi connectivity index (χ1v) is 9.62. The number of nitrogens with zero attached hydrogens (tertiary/aromatic N) is 3. The Kier molecular flexibility index (Phi) is 5.34. The van der Waals surface area contributed by atoms with Gasteiger partial charge in [-0.15, -0.1) is 0 Å². The number of anilines is 3. The Morgan fingerprint density at radius 3 is 2.73 bits per heavy atom. The number of fused-ring (bicyclic) bond motifs is 1. The first-order chi connectivity index (χ1) is 14.5. The molecular weight excluding hydrogens is 384 g/mol. The molecule has 0 radical (unpaired) electrons. The zero-order valence-electron chi connectivity index (χ0n) is 16.2. The van der Waals surface area contributed by atoms with Gasteiger partial charge in [-0.2, -0.15) is 4.98 Å². The molecule has 2 amide bonds. The van der Waals surface area contributed by atoms with Crippen molar-refractivity contribution in [1.29, 1.82) is 0 Å². The molecule has 154 valence electrons. The number of amides is 2. The summed E-state index contributed by atoms with van der Waals surface area (Å²) in [6, 6.07) is 13.9. The lowest BCUT2D eigenvalue weighted by Gasteiger charge is -2.23. The molecule has 1 aliphatic heterocycles. The molecule has 9 heteroatoms. The number of rotatable bonds is 4. The lowest BCUT2D eigenvalue weighted by molar-refractivity contribution is -0.120. The minimum Gasteiger partial charge on any atom is -0.445 e. The van der Waals surface area contributed by atoms with Gasteiger partial charge in [-0.1, -0.05) is 30.3 Å². The molecule has 1 atom stereocenters. The quantitative estimate of drug-likeness (QED) is 0.605. The summed E-state index contributed by atoms with van der Waals surface area (Å²) in [7, 11) is 0. The number of carbonyl (C=O) groups is 2. The van der Waals surface area contributed by atoms with Crippen LogP contribution < -0.4 is 16.8 Å². The number of carbonyl (C=O) groups excluding carboxylic acids is 2. The van der Waals surface area contributed by atoms with Gasteiger partial charge in [0.1, 0.15) is 18.5 Å². The molecule has 2 heterocycles. The Balaban J connectivity index is 1.43. The number of nitrogens with two attached hydrogens (primary N) is 2. The first kappa shape index (κ1) is 19.4. The van der Waals surface area contributed by atoms with Crippen LogP contribution in [0.3, 0.4) is 0 Å². The summed E-state index contributed by atoms with van der Waals surface area (Å²) in [6.45, 7) is 0.640. The highest BCUT2D eigenvalue weighted by Gasteiger charge is 2.35. The second kappa shape index (κ2) is 8.24. The summed E-state index contributed by atoms with van der Waals surface area (Å²) in [5, 5.41) is 3.44. The van der Waals surface area contributed by atoms with Crippen LogP contribution in [-0.4, -0.2) is 39.5 Å². The SMILES string of the molecule is Nc1nc(N)c2cc(NC(=O)C3CCCN3C(=O)OCc3ccccc3)ccc2n1. The van der Waals surface area contributed by atoms with Gasteiger partial charge in [0.25, 0.3) is 0 Å². The molecule has 1 aromatic heterocycles. The third-order valence-corrected chi connectivity index (χ3v) is 5.01. The predicted molar refractivity (Wildman–Crippen MR) is 113 cm³/mol. The number of nitrogen functional groups attached to an aromatic ring is 2. The van der Waals surface area contributed by atoms with E-state index < -0.39 is 12.1 Å².